The van der Waals surface area contributed by atoms with Gasteiger partial charge in [-0.25, -0.2) is 4.39 Å². The van der Waals surface area contributed by atoms with Crippen LogP contribution in [0.15, 0.2) is 77.4 Å². The summed E-state index contributed by atoms with van der Waals surface area (Å²) >= 11 is 0. The molecule has 4 rings (SSSR count). The van der Waals surface area contributed by atoms with Crippen molar-refractivity contribution in [1.29, 1.82) is 0 Å². The molecule has 2 atom stereocenters. The Morgan fingerprint density at radius 2 is 1.81 bits per heavy atom. The number of hydrogen-bond donors (Lipinski definition) is 0. The first-order valence-corrected chi connectivity index (χ1v) is 11.3. The molecule has 0 radical (unpaired) electrons. The van der Waals surface area contributed by atoms with Crippen LogP contribution < -0.4 is 0 Å². The molecule has 1 saturated heterocycles. The van der Waals surface area contributed by atoms with Crippen LogP contribution in [0.3, 0.4) is 0 Å². The second-order valence-corrected chi connectivity index (χ2v) is 9.16. The van der Waals surface area contributed by atoms with Gasteiger partial charge in [-0.05, 0) is 53.8 Å². The predicted molar refractivity (Wildman–Crippen MR) is 124 cm³/mol. The maximum absolute atomic E-state index is 13.6. The summed E-state index contributed by atoms with van der Waals surface area (Å²) in [4.78, 5) is 17.7. The first kappa shape index (κ1) is 22.3. The fourth-order valence-electron chi connectivity index (χ4n) is 4.71. The number of carbonyl (C=O) groups is 1. The van der Waals surface area contributed by atoms with Gasteiger partial charge in [-0.2, -0.15) is 0 Å². The number of carbonyl (C=O) groups excluding carboxylic acids is 1. The topological polar surface area (TPSA) is 36.7 Å². The van der Waals surface area contributed by atoms with E-state index in [1.165, 1.54) is 12.1 Å². The van der Waals surface area contributed by atoms with Gasteiger partial charge >= 0.3 is 0 Å². The number of nitrogens with zero attached hydrogens (tertiary/aromatic N) is 2. The summed E-state index contributed by atoms with van der Waals surface area (Å²) in [5.41, 5.74) is 1.84. The van der Waals surface area contributed by atoms with E-state index in [2.05, 4.69) is 18.7 Å². The zero-order valence-corrected chi connectivity index (χ0v) is 18.8. The van der Waals surface area contributed by atoms with E-state index >= 15 is 0 Å². The second kappa shape index (κ2) is 10.1. The SMILES string of the molecule is CC(C)CN(C[C@H]1CN(Cc2ccco2)C[C@H]1c1ccc(F)cc1)C(=O)c1ccccc1. The molecule has 3 aromatic rings. The van der Waals surface area contributed by atoms with Crippen LogP contribution in [-0.2, 0) is 6.54 Å². The molecule has 5 heteroatoms. The van der Waals surface area contributed by atoms with Gasteiger partial charge in [-0.1, -0.05) is 44.2 Å². The van der Waals surface area contributed by atoms with Crippen LogP contribution in [0.25, 0.3) is 0 Å². The standard InChI is InChI=1S/C27H31FN2O2/c1-20(2)15-30(27(31)22-7-4-3-5-8-22)17-23-16-29(18-25-9-6-14-32-25)19-26(23)21-10-12-24(28)13-11-21/h3-14,20,23,26H,15-19H2,1-2H3/t23-,26+/m1/s1. The molecular formula is C27H31FN2O2. The van der Waals surface area contributed by atoms with Gasteiger partial charge in [0.25, 0.3) is 5.91 Å². The lowest BCUT2D eigenvalue weighted by atomic mass is 9.88. The normalized spacial score (nSPS) is 18.9. The minimum Gasteiger partial charge on any atom is -0.468 e. The molecule has 1 aliphatic rings. The quantitative estimate of drug-likeness (QED) is 0.474. The Kier molecular flexibility index (Phi) is 7.05. The average Bonchev–Trinajstić information content (AvgIpc) is 3.44. The van der Waals surface area contributed by atoms with E-state index < -0.39 is 0 Å². The first-order chi connectivity index (χ1) is 15.5. The summed E-state index contributed by atoms with van der Waals surface area (Å²) in [5.74, 6) is 1.62. The summed E-state index contributed by atoms with van der Waals surface area (Å²) in [6.07, 6.45) is 1.70. The molecule has 0 unspecified atom stereocenters. The Hall–Kier alpha value is -2.92. The van der Waals surface area contributed by atoms with Crippen LogP contribution in [-0.4, -0.2) is 41.9 Å². The highest BCUT2D eigenvalue weighted by Gasteiger charge is 2.36. The van der Waals surface area contributed by atoms with Crippen molar-refractivity contribution >= 4 is 5.91 Å². The summed E-state index contributed by atoms with van der Waals surface area (Å²) in [5, 5.41) is 0. The van der Waals surface area contributed by atoms with E-state index in [1.54, 1.807) is 6.26 Å². The monoisotopic (exact) mass is 434 g/mol. The maximum Gasteiger partial charge on any atom is 0.253 e. The minimum atomic E-state index is -0.226. The fourth-order valence-corrected chi connectivity index (χ4v) is 4.71. The van der Waals surface area contributed by atoms with Gasteiger partial charge in [0.1, 0.15) is 11.6 Å². The Labute approximate surface area is 189 Å². The molecular weight excluding hydrogens is 403 g/mol. The average molecular weight is 435 g/mol. The van der Waals surface area contributed by atoms with Gasteiger partial charge in [0.05, 0.1) is 12.8 Å². The van der Waals surface area contributed by atoms with Crippen molar-refractivity contribution in [3.63, 3.8) is 0 Å². The minimum absolute atomic E-state index is 0.0710. The van der Waals surface area contributed by atoms with Gasteiger partial charge in [0, 0.05) is 37.7 Å². The highest BCUT2D eigenvalue weighted by molar-refractivity contribution is 5.94. The molecule has 0 spiro atoms. The lowest BCUT2D eigenvalue weighted by molar-refractivity contribution is 0.0703. The van der Waals surface area contributed by atoms with E-state index in [0.717, 1.165) is 36.5 Å². The lowest BCUT2D eigenvalue weighted by Crippen LogP contribution is -2.39. The van der Waals surface area contributed by atoms with Crippen LogP contribution in [0, 0.1) is 17.7 Å². The molecule has 0 saturated carbocycles. The molecule has 0 N–H and O–H groups in total. The van der Waals surface area contributed by atoms with Crippen molar-refractivity contribution in [2.45, 2.75) is 26.3 Å². The number of amides is 1. The maximum atomic E-state index is 13.6. The van der Waals surface area contributed by atoms with E-state index in [9.17, 15) is 9.18 Å². The molecule has 4 nitrogen and oxygen atoms in total. The van der Waals surface area contributed by atoms with Gasteiger partial charge in [-0.15, -0.1) is 0 Å². The van der Waals surface area contributed by atoms with E-state index in [4.69, 9.17) is 4.42 Å². The summed E-state index contributed by atoms with van der Waals surface area (Å²) < 4.78 is 19.1. The lowest BCUT2D eigenvalue weighted by Gasteiger charge is -2.30. The molecule has 168 valence electrons. The van der Waals surface area contributed by atoms with Crippen LogP contribution >= 0.6 is 0 Å². The molecule has 2 heterocycles. The van der Waals surface area contributed by atoms with Crippen molar-refractivity contribution < 1.29 is 13.6 Å². The summed E-state index contributed by atoms with van der Waals surface area (Å²) in [7, 11) is 0. The second-order valence-electron chi connectivity index (χ2n) is 9.16. The van der Waals surface area contributed by atoms with E-state index in [1.807, 2.05) is 59.5 Å². The number of halogens is 1. The van der Waals surface area contributed by atoms with Crippen molar-refractivity contribution in [2.75, 3.05) is 26.2 Å². The number of furan rings is 1. The summed E-state index contributed by atoms with van der Waals surface area (Å²) in [6.45, 7) is 8.10. The molecule has 32 heavy (non-hydrogen) atoms. The molecule has 1 amide bonds. The molecule has 0 bridgehead atoms. The Morgan fingerprint density at radius 3 is 2.47 bits per heavy atom. The molecule has 1 fully saturated rings. The van der Waals surface area contributed by atoms with Crippen LogP contribution in [0.5, 0.6) is 0 Å². The van der Waals surface area contributed by atoms with Crippen molar-refractivity contribution in [3.8, 4) is 0 Å². The zero-order valence-electron chi connectivity index (χ0n) is 18.8. The zero-order chi connectivity index (χ0) is 22.5. The fraction of sp³-hybridized carbons (Fsp3) is 0.370. The number of likely N-dealkylation sites (tertiary alicyclic amines) is 1. The van der Waals surface area contributed by atoms with E-state index in [-0.39, 0.29) is 23.6 Å². The van der Waals surface area contributed by atoms with Crippen LogP contribution in [0.4, 0.5) is 4.39 Å². The third kappa shape index (κ3) is 5.46. The largest absolute Gasteiger partial charge is 0.468 e. The highest BCUT2D eigenvalue weighted by atomic mass is 19.1. The smallest absolute Gasteiger partial charge is 0.253 e. The Bertz CT molecular complexity index is 986. The predicted octanol–water partition coefficient (Wildman–Crippen LogP) is 5.43. The summed E-state index contributed by atoms with van der Waals surface area (Å²) in [6, 6.07) is 20.2. The van der Waals surface area contributed by atoms with Gasteiger partial charge in [0.2, 0.25) is 0 Å². The molecule has 1 aromatic heterocycles. The van der Waals surface area contributed by atoms with Gasteiger partial charge in [-0.3, -0.25) is 9.69 Å². The first-order valence-electron chi connectivity index (χ1n) is 11.3. The highest BCUT2D eigenvalue weighted by Crippen LogP contribution is 2.34. The number of benzene rings is 2. The van der Waals surface area contributed by atoms with Crippen LogP contribution in [0.2, 0.25) is 0 Å². The van der Waals surface area contributed by atoms with Crippen molar-refractivity contribution in [1.82, 2.24) is 9.80 Å². The Balaban J connectivity index is 1.57. The Morgan fingerprint density at radius 1 is 1.06 bits per heavy atom. The van der Waals surface area contributed by atoms with Crippen LogP contribution in [0.1, 0.15) is 41.4 Å². The van der Waals surface area contributed by atoms with Gasteiger partial charge < -0.3 is 9.32 Å². The van der Waals surface area contributed by atoms with Crippen molar-refractivity contribution in [2.24, 2.45) is 11.8 Å². The van der Waals surface area contributed by atoms with E-state index in [0.29, 0.717) is 19.0 Å². The third-order valence-corrected chi connectivity index (χ3v) is 6.12. The third-order valence-electron chi connectivity index (χ3n) is 6.12. The van der Waals surface area contributed by atoms with Crippen molar-refractivity contribution in [3.05, 3.63) is 95.7 Å². The molecule has 2 aromatic carbocycles. The van der Waals surface area contributed by atoms with Gasteiger partial charge in [0.15, 0.2) is 0 Å². The molecule has 1 aliphatic heterocycles. The number of hydrogen-bond acceptors (Lipinski definition) is 3. The molecule has 0 aliphatic carbocycles. The number of rotatable bonds is 8.